The molecule has 3 aromatic carbocycles. The van der Waals surface area contributed by atoms with Crippen LogP contribution in [0.3, 0.4) is 0 Å². The Labute approximate surface area is 218 Å². The standard InChI is InChI=1S/C28H26BrN3O4/c1-3-35-25-15-21(13-22(16-30)28(34)31-17-20-9-5-4-6-10-20)14-24(29)27(25)36-18-26(33)32-23-11-7-8-19(2)12-23/h4-15H,3,17-18H2,1-2H3,(H,31,34)(H,32,33)/b22-13+. The number of halogens is 1. The highest BCUT2D eigenvalue weighted by molar-refractivity contribution is 9.10. The fraction of sp³-hybridized carbons (Fsp3) is 0.179. The number of benzene rings is 3. The van der Waals surface area contributed by atoms with Crippen LogP contribution in [0.1, 0.15) is 23.6 Å². The third-order valence-electron chi connectivity index (χ3n) is 4.95. The van der Waals surface area contributed by atoms with Crippen LogP contribution in [0.5, 0.6) is 11.5 Å². The summed E-state index contributed by atoms with van der Waals surface area (Å²) < 4.78 is 12.0. The third-order valence-corrected chi connectivity index (χ3v) is 5.54. The van der Waals surface area contributed by atoms with Gasteiger partial charge in [-0.15, -0.1) is 0 Å². The Morgan fingerprint density at radius 2 is 1.83 bits per heavy atom. The molecule has 0 fully saturated rings. The van der Waals surface area contributed by atoms with Crippen LogP contribution < -0.4 is 20.1 Å². The molecule has 0 aromatic heterocycles. The Balaban J connectivity index is 1.72. The largest absolute Gasteiger partial charge is 0.490 e. The molecule has 0 radical (unpaired) electrons. The molecule has 7 nitrogen and oxygen atoms in total. The molecule has 3 aromatic rings. The summed E-state index contributed by atoms with van der Waals surface area (Å²) in [5.74, 6) is -0.0757. The van der Waals surface area contributed by atoms with E-state index < -0.39 is 5.91 Å². The van der Waals surface area contributed by atoms with Crippen LogP contribution in [0.4, 0.5) is 5.69 Å². The molecule has 0 unspecified atom stereocenters. The van der Waals surface area contributed by atoms with Crippen molar-refractivity contribution in [2.75, 3.05) is 18.5 Å². The number of nitriles is 1. The number of nitrogens with zero attached hydrogens (tertiary/aromatic N) is 1. The number of aryl methyl sites for hydroxylation is 1. The quantitative estimate of drug-likeness (QED) is 0.261. The Morgan fingerprint density at radius 1 is 1.06 bits per heavy atom. The third kappa shape index (κ3) is 7.72. The van der Waals surface area contributed by atoms with Crippen LogP contribution in [0.15, 0.2) is 76.8 Å². The minimum absolute atomic E-state index is 0.0496. The molecule has 8 heteroatoms. The van der Waals surface area contributed by atoms with Crippen molar-refractivity contribution in [3.8, 4) is 17.6 Å². The molecule has 0 aliphatic carbocycles. The van der Waals surface area contributed by atoms with Crippen LogP contribution >= 0.6 is 15.9 Å². The van der Waals surface area contributed by atoms with Crippen molar-refractivity contribution in [3.63, 3.8) is 0 Å². The van der Waals surface area contributed by atoms with E-state index in [-0.39, 0.29) is 18.1 Å². The van der Waals surface area contributed by atoms with Crippen molar-refractivity contribution in [1.29, 1.82) is 5.26 Å². The first-order chi connectivity index (χ1) is 17.4. The van der Waals surface area contributed by atoms with Crippen molar-refractivity contribution in [3.05, 3.63) is 93.5 Å². The molecule has 0 spiro atoms. The molecule has 3 rings (SSSR count). The summed E-state index contributed by atoms with van der Waals surface area (Å²) >= 11 is 3.46. The van der Waals surface area contributed by atoms with E-state index in [0.29, 0.717) is 40.4 Å². The van der Waals surface area contributed by atoms with Gasteiger partial charge < -0.3 is 20.1 Å². The number of amides is 2. The molecule has 0 saturated heterocycles. The molecular weight excluding hydrogens is 522 g/mol. The van der Waals surface area contributed by atoms with Gasteiger partial charge in [-0.25, -0.2) is 0 Å². The second-order valence-corrected chi connectivity index (χ2v) is 8.66. The maximum Gasteiger partial charge on any atom is 0.262 e. The summed E-state index contributed by atoms with van der Waals surface area (Å²) in [7, 11) is 0. The van der Waals surface area contributed by atoms with Crippen molar-refractivity contribution in [2.24, 2.45) is 0 Å². The molecule has 36 heavy (non-hydrogen) atoms. The molecule has 0 saturated carbocycles. The van der Waals surface area contributed by atoms with E-state index in [1.54, 1.807) is 18.2 Å². The number of ether oxygens (including phenoxy) is 2. The van der Waals surface area contributed by atoms with E-state index in [4.69, 9.17) is 9.47 Å². The molecule has 2 amide bonds. The van der Waals surface area contributed by atoms with Crippen molar-refractivity contribution in [2.45, 2.75) is 20.4 Å². The van der Waals surface area contributed by atoms with Crippen LogP contribution in [0.25, 0.3) is 6.08 Å². The summed E-state index contributed by atoms with van der Waals surface area (Å²) in [5, 5.41) is 15.1. The topological polar surface area (TPSA) is 100 Å². The number of hydrogen-bond donors (Lipinski definition) is 2. The maximum absolute atomic E-state index is 12.5. The normalized spacial score (nSPS) is 10.8. The minimum Gasteiger partial charge on any atom is -0.490 e. The number of rotatable bonds is 10. The Kier molecular flexibility index (Phi) is 9.66. The fourth-order valence-corrected chi connectivity index (χ4v) is 3.89. The zero-order valence-electron chi connectivity index (χ0n) is 20.0. The van der Waals surface area contributed by atoms with Gasteiger partial charge in [0.25, 0.3) is 11.8 Å². The second-order valence-electron chi connectivity index (χ2n) is 7.81. The summed E-state index contributed by atoms with van der Waals surface area (Å²) in [6.45, 7) is 4.20. The van der Waals surface area contributed by atoms with E-state index in [2.05, 4.69) is 26.6 Å². The lowest BCUT2D eigenvalue weighted by Gasteiger charge is -2.15. The van der Waals surface area contributed by atoms with Gasteiger partial charge in [-0.1, -0.05) is 42.5 Å². The van der Waals surface area contributed by atoms with Gasteiger partial charge in [0.15, 0.2) is 18.1 Å². The van der Waals surface area contributed by atoms with Crippen molar-refractivity contribution >= 4 is 39.5 Å². The Morgan fingerprint density at radius 3 is 2.53 bits per heavy atom. The maximum atomic E-state index is 12.5. The highest BCUT2D eigenvalue weighted by Crippen LogP contribution is 2.37. The van der Waals surface area contributed by atoms with E-state index in [9.17, 15) is 14.9 Å². The van der Waals surface area contributed by atoms with Gasteiger partial charge in [-0.3, -0.25) is 9.59 Å². The van der Waals surface area contributed by atoms with Gasteiger partial charge in [0.05, 0.1) is 11.1 Å². The molecule has 184 valence electrons. The molecular formula is C28H26BrN3O4. The average molecular weight is 548 g/mol. The highest BCUT2D eigenvalue weighted by Gasteiger charge is 2.16. The van der Waals surface area contributed by atoms with Gasteiger partial charge in [-0.05, 0) is 76.8 Å². The lowest BCUT2D eigenvalue weighted by Crippen LogP contribution is -2.23. The van der Waals surface area contributed by atoms with Gasteiger partial charge in [0.1, 0.15) is 11.6 Å². The van der Waals surface area contributed by atoms with Crippen LogP contribution in [0, 0.1) is 18.3 Å². The monoisotopic (exact) mass is 547 g/mol. The van der Waals surface area contributed by atoms with E-state index in [1.165, 1.54) is 6.08 Å². The SMILES string of the molecule is CCOc1cc(/C=C(\C#N)C(=O)NCc2ccccc2)cc(Br)c1OCC(=O)Nc1cccc(C)c1. The van der Waals surface area contributed by atoms with E-state index >= 15 is 0 Å². The minimum atomic E-state index is -0.483. The van der Waals surface area contributed by atoms with Gasteiger partial charge >= 0.3 is 0 Å². The van der Waals surface area contributed by atoms with E-state index in [0.717, 1.165) is 11.1 Å². The number of nitrogens with one attached hydrogen (secondary N) is 2. The first kappa shape index (κ1) is 26.5. The Hall–Kier alpha value is -4.09. The van der Waals surface area contributed by atoms with Gasteiger partial charge in [0, 0.05) is 12.2 Å². The van der Waals surface area contributed by atoms with Gasteiger partial charge in [0.2, 0.25) is 0 Å². The number of carbonyl (C=O) groups is 2. The summed E-state index contributed by atoms with van der Waals surface area (Å²) in [5.41, 5.74) is 3.16. The lowest BCUT2D eigenvalue weighted by atomic mass is 10.1. The van der Waals surface area contributed by atoms with Crippen LogP contribution in [-0.4, -0.2) is 25.0 Å². The fourth-order valence-electron chi connectivity index (χ4n) is 3.32. The molecule has 0 aliphatic heterocycles. The first-order valence-electron chi connectivity index (χ1n) is 11.3. The lowest BCUT2D eigenvalue weighted by molar-refractivity contribution is -0.118. The first-order valence-corrected chi connectivity index (χ1v) is 12.1. The summed E-state index contributed by atoms with van der Waals surface area (Å²) in [4.78, 5) is 24.9. The molecule has 0 atom stereocenters. The second kappa shape index (κ2) is 13.1. The van der Waals surface area contributed by atoms with E-state index in [1.807, 2.05) is 68.4 Å². The molecule has 0 bridgehead atoms. The smallest absolute Gasteiger partial charge is 0.262 e. The zero-order valence-corrected chi connectivity index (χ0v) is 21.6. The zero-order chi connectivity index (χ0) is 25.9. The van der Waals surface area contributed by atoms with Crippen molar-refractivity contribution < 1.29 is 19.1 Å². The molecule has 0 aliphatic rings. The predicted octanol–water partition coefficient (Wildman–Crippen LogP) is 5.40. The Bertz CT molecular complexity index is 1300. The predicted molar refractivity (Wildman–Crippen MR) is 142 cm³/mol. The molecule has 0 heterocycles. The van der Waals surface area contributed by atoms with Gasteiger partial charge in [-0.2, -0.15) is 5.26 Å². The van der Waals surface area contributed by atoms with Crippen LogP contribution in [-0.2, 0) is 16.1 Å². The summed E-state index contributed by atoms with van der Waals surface area (Å²) in [6, 6.07) is 22.2. The number of hydrogen-bond acceptors (Lipinski definition) is 5. The number of carbonyl (C=O) groups excluding carboxylic acids is 2. The van der Waals surface area contributed by atoms with Crippen LogP contribution in [0.2, 0.25) is 0 Å². The highest BCUT2D eigenvalue weighted by atomic mass is 79.9. The molecule has 2 N–H and O–H groups in total. The summed E-state index contributed by atoms with van der Waals surface area (Å²) in [6.07, 6.45) is 1.47. The van der Waals surface area contributed by atoms with Crippen molar-refractivity contribution in [1.82, 2.24) is 5.32 Å². The average Bonchev–Trinajstić information content (AvgIpc) is 2.86. The number of anilines is 1.